The van der Waals surface area contributed by atoms with Gasteiger partial charge in [-0.2, -0.15) is 0 Å². The minimum Gasteiger partial charge on any atom is -0.504 e. The van der Waals surface area contributed by atoms with Crippen LogP contribution in [0.5, 0.6) is 5.75 Å². The van der Waals surface area contributed by atoms with Crippen molar-refractivity contribution < 1.29 is 9.52 Å². The monoisotopic (exact) mass is 338 g/mol. The van der Waals surface area contributed by atoms with E-state index in [0.717, 1.165) is 27.5 Å². The maximum atomic E-state index is 11.0. The normalized spacial score (nSPS) is 11.2. The molecule has 4 heteroatoms. The van der Waals surface area contributed by atoms with Crippen LogP contribution in [0, 0.1) is 0 Å². The van der Waals surface area contributed by atoms with Crippen LogP contribution >= 0.6 is 0 Å². The molecule has 124 valence electrons. The Balaban J connectivity index is 1.90. The number of benzene rings is 3. The predicted octanol–water partition coefficient (Wildman–Crippen LogP) is 5.42. The molecular formula is C22H14N2O2. The lowest BCUT2D eigenvalue weighted by Gasteiger charge is -2.10. The first-order valence-corrected chi connectivity index (χ1v) is 8.33. The predicted molar refractivity (Wildman–Crippen MR) is 102 cm³/mol. The SMILES string of the molecule is Oc1c(-c2ccccc2)c2ccccc2c2nc(-c3cccnc3)oc12. The van der Waals surface area contributed by atoms with Gasteiger partial charge < -0.3 is 9.52 Å². The standard InChI is InChI=1S/C22H14N2O2/c25-20-18(14-7-2-1-3-8-14)16-10-4-5-11-17(16)19-21(20)26-22(24-19)15-9-6-12-23-13-15/h1-13,25H. The number of hydrogen-bond donors (Lipinski definition) is 1. The molecule has 0 aliphatic carbocycles. The van der Waals surface area contributed by atoms with Crippen molar-refractivity contribution in [3.63, 3.8) is 0 Å². The number of nitrogens with zero attached hydrogens (tertiary/aromatic N) is 2. The minimum absolute atomic E-state index is 0.104. The van der Waals surface area contributed by atoms with Crippen LogP contribution in [0.2, 0.25) is 0 Å². The highest BCUT2D eigenvalue weighted by molar-refractivity contribution is 6.14. The molecule has 4 nitrogen and oxygen atoms in total. The topological polar surface area (TPSA) is 59.2 Å². The highest BCUT2D eigenvalue weighted by Gasteiger charge is 2.20. The molecule has 0 saturated carbocycles. The van der Waals surface area contributed by atoms with Gasteiger partial charge in [0.25, 0.3) is 0 Å². The second-order valence-electron chi connectivity index (χ2n) is 6.07. The smallest absolute Gasteiger partial charge is 0.229 e. The Morgan fingerprint density at radius 2 is 1.50 bits per heavy atom. The van der Waals surface area contributed by atoms with Crippen molar-refractivity contribution in [2.75, 3.05) is 0 Å². The van der Waals surface area contributed by atoms with Crippen molar-refractivity contribution in [2.45, 2.75) is 0 Å². The summed E-state index contributed by atoms with van der Waals surface area (Å²) in [6.07, 6.45) is 3.40. The third-order valence-electron chi connectivity index (χ3n) is 4.50. The molecule has 0 atom stereocenters. The third kappa shape index (κ3) is 2.16. The summed E-state index contributed by atoms with van der Waals surface area (Å²) < 4.78 is 5.95. The number of hydrogen-bond acceptors (Lipinski definition) is 4. The molecule has 2 heterocycles. The van der Waals surface area contributed by atoms with E-state index in [2.05, 4.69) is 9.97 Å². The molecule has 0 fully saturated rings. The van der Waals surface area contributed by atoms with Gasteiger partial charge in [0, 0.05) is 23.3 Å². The summed E-state index contributed by atoms with van der Waals surface area (Å²) in [4.78, 5) is 8.76. The fourth-order valence-corrected chi connectivity index (χ4v) is 3.32. The molecule has 1 N–H and O–H groups in total. The van der Waals surface area contributed by atoms with Gasteiger partial charge in [0.2, 0.25) is 5.89 Å². The number of rotatable bonds is 2. The number of phenols is 1. The van der Waals surface area contributed by atoms with E-state index in [1.165, 1.54) is 0 Å². The number of pyridine rings is 1. The van der Waals surface area contributed by atoms with Crippen molar-refractivity contribution in [3.05, 3.63) is 79.1 Å². The summed E-state index contributed by atoms with van der Waals surface area (Å²) in [6.45, 7) is 0. The Labute approximate surface area is 149 Å². The molecule has 0 aliphatic rings. The molecule has 0 amide bonds. The van der Waals surface area contributed by atoms with Crippen LogP contribution in [0.3, 0.4) is 0 Å². The fourth-order valence-electron chi connectivity index (χ4n) is 3.32. The van der Waals surface area contributed by atoms with Crippen LogP contribution in [0.25, 0.3) is 44.5 Å². The molecule has 5 rings (SSSR count). The first kappa shape index (κ1) is 14.7. The van der Waals surface area contributed by atoms with E-state index >= 15 is 0 Å². The molecule has 0 bridgehead atoms. The Morgan fingerprint density at radius 1 is 0.769 bits per heavy atom. The highest BCUT2D eigenvalue weighted by Crippen LogP contribution is 2.44. The quantitative estimate of drug-likeness (QED) is 0.467. The van der Waals surface area contributed by atoms with Gasteiger partial charge in [0.15, 0.2) is 11.3 Å². The van der Waals surface area contributed by atoms with Crippen molar-refractivity contribution in [1.82, 2.24) is 9.97 Å². The van der Waals surface area contributed by atoms with Crippen molar-refractivity contribution in [1.29, 1.82) is 0 Å². The van der Waals surface area contributed by atoms with E-state index in [4.69, 9.17) is 4.42 Å². The lowest BCUT2D eigenvalue weighted by Crippen LogP contribution is -1.85. The first-order chi connectivity index (χ1) is 12.8. The molecule has 26 heavy (non-hydrogen) atoms. The van der Waals surface area contributed by atoms with E-state index in [9.17, 15) is 5.11 Å². The van der Waals surface area contributed by atoms with Gasteiger partial charge in [-0.1, -0.05) is 54.6 Å². The second kappa shape index (κ2) is 5.70. The van der Waals surface area contributed by atoms with Gasteiger partial charge in [-0.25, -0.2) is 4.98 Å². The van der Waals surface area contributed by atoms with E-state index in [0.29, 0.717) is 17.0 Å². The number of aromatic hydroxyl groups is 1. The third-order valence-corrected chi connectivity index (χ3v) is 4.50. The van der Waals surface area contributed by atoms with E-state index in [-0.39, 0.29) is 5.75 Å². The average Bonchev–Trinajstić information content (AvgIpc) is 3.16. The average molecular weight is 338 g/mol. The van der Waals surface area contributed by atoms with E-state index in [1.807, 2.05) is 66.7 Å². The lowest BCUT2D eigenvalue weighted by molar-refractivity contribution is 0.468. The van der Waals surface area contributed by atoms with Crippen LogP contribution in [-0.4, -0.2) is 15.1 Å². The van der Waals surface area contributed by atoms with Crippen LogP contribution in [-0.2, 0) is 0 Å². The Kier molecular flexibility index (Phi) is 3.22. The summed E-state index contributed by atoms with van der Waals surface area (Å²) >= 11 is 0. The number of fused-ring (bicyclic) bond motifs is 3. The molecule has 2 aromatic heterocycles. The van der Waals surface area contributed by atoms with Crippen molar-refractivity contribution in [2.24, 2.45) is 0 Å². The van der Waals surface area contributed by atoms with Gasteiger partial charge in [0.05, 0.1) is 5.56 Å². The molecule has 5 aromatic rings. The zero-order valence-electron chi connectivity index (χ0n) is 13.8. The zero-order valence-corrected chi connectivity index (χ0v) is 13.8. The Morgan fingerprint density at radius 3 is 2.27 bits per heavy atom. The van der Waals surface area contributed by atoms with Crippen LogP contribution < -0.4 is 0 Å². The minimum atomic E-state index is 0.104. The summed E-state index contributed by atoms with van der Waals surface area (Å²) in [7, 11) is 0. The van der Waals surface area contributed by atoms with Gasteiger partial charge in [0.1, 0.15) is 5.52 Å². The van der Waals surface area contributed by atoms with Crippen molar-refractivity contribution >= 4 is 21.9 Å². The van der Waals surface area contributed by atoms with Gasteiger partial charge >= 0.3 is 0 Å². The van der Waals surface area contributed by atoms with Gasteiger partial charge in [-0.15, -0.1) is 0 Å². The van der Waals surface area contributed by atoms with Gasteiger partial charge in [-0.3, -0.25) is 4.98 Å². The van der Waals surface area contributed by atoms with Crippen LogP contribution in [0.4, 0.5) is 0 Å². The molecule has 0 spiro atoms. The first-order valence-electron chi connectivity index (χ1n) is 8.33. The maximum Gasteiger partial charge on any atom is 0.229 e. The zero-order chi connectivity index (χ0) is 17.5. The lowest BCUT2D eigenvalue weighted by atomic mass is 9.96. The summed E-state index contributed by atoms with van der Waals surface area (Å²) in [6, 6.07) is 21.5. The molecular weight excluding hydrogens is 324 g/mol. The largest absolute Gasteiger partial charge is 0.504 e. The maximum absolute atomic E-state index is 11.0. The van der Waals surface area contributed by atoms with Gasteiger partial charge in [-0.05, 0) is 23.1 Å². The molecule has 0 unspecified atom stereocenters. The molecule has 3 aromatic carbocycles. The fraction of sp³-hybridized carbons (Fsp3) is 0. The van der Waals surface area contributed by atoms with Crippen molar-refractivity contribution in [3.8, 4) is 28.3 Å². The second-order valence-corrected chi connectivity index (χ2v) is 6.07. The number of aromatic nitrogens is 2. The summed E-state index contributed by atoms with van der Waals surface area (Å²) in [5.41, 5.74) is 3.50. The Bertz CT molecular complexity index is 1230. The highest BCUT2D eigenvalue weighted by atomic mass is 16.4. The number of phenolic OH excluding ortho intramolecular Hbond substituents is 1. The number of oxazole rings is 1. The molecule has 0 saturated heterocycles. The molecule has 0 radical (unpaired) electrons. The van der Waals surface area contributed by atoms with E-state index in [1.54, 1.807) is 12.4 Å². The molecule has 0 aliphatic heterocycles. The van der Waals surface area contributed by atoms with E-state index < -0.39 is 0 Å². The summed E-state index contributed by atoms with van der Waals surface area (Å²) in [5.74, 6) is 0.548. The van der Waals surface area contributed by atoms with Crippen LogP contribution in [0.1, 0.15) is 0 Å². The Hall–Kier alpha value is -3.66. The van der Waals surface area contributed by atoms with Crippen LogP contribution in [0.15, 0.2) is 83.5 Å². The summed E-state index contributed by atoms with van der Waals surface area (Å²) in [5, 5.41) is 12.9.